The number of amides is 1. The minimum atomic E-state index is 0.0263. The van der Waals surface area contributed by atoms with Gasteiger partial charge in [0.15, 0.2) is 0 Å². The van der Waals surface area contributed by atoms with Crippen LogP contribution in [0.1, 0.15) is 25.5 Å². The van der Waals surface area contributed by atoms with Gasteiger partial charge in [-0.05, 0) is 31.5 Å². The van der Waals surface area contributed by atoms with Crippen LogP contribution in [0.15, 0.2) is 24.5 Å². The molecule has 0 aliphatic rings. The molecular formula is C11H17N3O. The van der Waals surface area contributed by atoms with Gasteiger partial charge in [-0.2, -0.15) is 0 Å². The second-order valence-electron chi connectivity index (χ2n) is 3.34. The fourth-order valence-electron chi connectivity index (χ4n) is 1.28. The predicted octanol–water partition coefficient (Wildman–Crippen LogP) is 0.868. The molecule has 15 heavy (non-hydrogen) atoms. The maximum atomic E-state index is 11.2. The molecule has 0 fully saturated rings. The van der Waals surface area contributed by atoms with E-state index in [1.807, 2.05) is 26.0 Å². The largest absolute Gasteiger partial charge is 0.355 e. The average molecular weight is 207 g/mol. The van der Waals surface area contributed by atoms with Crippen LogP contribution in [0, 0.1) is 0 Å². The Morgan fingerprint density at radius 3 is 2.73 bits per heavy atom. The molecule has 4 heteroatoms. The Kier molecular flexibility index (Phi) is 4.77. The lowest BCUT2D eigenvalue weighted by Crippen LogP contribution is -2.34. The Bertz CT molecular complexity index is 300. The molecule has 4 nitrogen and oxygen atoms in total. The molecule has 82 valence electrons. The van der Waals surface area contributed by atoms with Crippen LogP contribution in [-0.2, 0) is 4.79 Å². The SMILES string of the molecule is CCNC(=O)CN[C@H](C)c1ccncc1. The summed E-state index contributed by atoms with van der Waals surface area (Å²) in [4.78, 5) is 15.1. The van der Waals surface area contributed by atoms with Gasteiger partial charge >= 0.3 is 0 Å². The number of nitrogens with zero attached hydrogens (tertiary/aromatic N) is 1. The van der Waals surface area contributed by atoms with Crippen molar-refractivity contribution in [1.29, 1.82) is 0 Å². The van der Waals surface area contributed by atoms with Crippen molar-refractivity contribution in [1.82, 2.24) is 15.6 Å². The minimum Gasteiger partial charge on any atom is -0.355 e. The number of pyridine rings is 1. The maximum absolute atomic E-state index is 11.2. The van der Waals surface area contributed by atoms with E-state index >= 15 is 0 Å². The first-order chi connectivity index (χ1) is 7.24. The van der Waals surface area contributed by atoms with Crippen molar-refractivity contribution in [2.45, 2.75) is 19.9 Å². The molecule has 0 saturated heterocycles. The van der Waals surface area contributed by atoms with Gasteiger partial charge in [0.05, 0.1) is 6.54 Å². The van der Waals surface area contributed by atoms with E-state index in [-0.39, 0.29) is 11.9 Å². The Balaban J connectivity index is 2.37. The summed E-state index contributed by atoms with van der Waals surface area (Å²) in [6, 6.07) is 4.04. The van der Waals surface area contributed by atoms with Crippen molar-refractivity contribution in [3.8, 4) is 0 Å². The molecule has 1 rings (SSSR count). The number of nitrogens with one attached hydrogen (secondary N) is 2. The third-order valence-corrected chi connectivity index (χ3v) is 2.15. The van der Waals surface area contributed by atoms with Gasteiger partial charge in [0.25, 0.3) is 0 Å². The van der Waals surface area contributed by atoms with Crippen LogP contribution in [-0.4, -0.2) is 24.0 Å². The summed E-state index contributed by atoms with van der Waals surface area (Å²) in [5.74, 6) is 0.0263. The summed E-state index contributed by atoms with van der Waals surface area (Å²) in [6.07, 6.45) is 3.50. The molecule has 0 aliphatic heterocycles. The first-order valence-corrected chi connectivity index (χ1v) is 5.14. The Morgan fingerprint density at radius 2 is 2.13 bits per heavy atom. The summed E-state index contributed by atoms with van der Waals surface area (Å²) >= 11 is 0. The fraction of sp³-hybridized carbons (Fsp3) is 0.455. The minimum absolute atomic E-state index is 0.0263. The molecule has 2 N–H and O–H groups in total. The van der Waals surface area contributed by atoms with Crippen LogP contribution in [0.2, 0.25) is 0 Å². The van der Waals surface area contributed by atoms with Gasteiger partial charge in [-0.3, -0.25) is 9.78 Å². The van der Waals surface area contributed by atoms with Crippen LogP contribution >= 0.6 is 0 Å². The smallest absolute Gasteiger partial charge is 0.233 e. The van der Waals surface area contributed by atoms with E-state index in [0.29, 0.717) is 13.1 Å². The van der Waals surface area contributed by atoms with Crippen molar-refractivity contribution >= 4 is 5.91 Å². The van der Waals surface area contributed by atoms with Gasteiger partial charge in [-0.25, -0.2) is 0 Å². The zero-order chi connectivity index (χ0) is 11.1. The molecule has 0 radical (unpaired) electrons. The number of likely N-dealkylation sites (N-methyl/N-ethyl adjacent to an activating group) is 1. The maximum Gasteiger partial charge on any atom is 0.233 e. The Morgan fingerprint density at radius 1 is 1.47 bits per heavy atom. The molecule has 1 aromatic heterocycles. The monoisotopic (exact) mass is 207 g/mol. The molecular weight excluding hydrogens is 190 g/mol. The van der Waals surface area contributed by atoms with Crippen molar-refractivity contribution in [3.05, 3.63) is 30.1 Å². The van der Waals surface area contributed by atoms with E-state index in [1.54, 1.807) is 12.4 Å². The van der Waals surface area contributed by atoms with Crippen LogP contribution < -0.4 is 10.6 Å². The number of rotatable bonds is 5. The van der Waals surface area contributed by atoms with E-state index in [1.165, 1.54) is 0 Å². The molecule has 0 aliphatic carbocycles. The summed E-state index contributed by atoms with van der Waals surface area (Å²) in [5, 5.41) is 5.88. The molecule has 1 aromatic rings. The second-order valence-corrected chi connectivity index (χ2v) is 3.34. The molecule has 1 amide bonds. The number of hydrogen-bond donors (Lipinski definition) is 2. The number of aromatic nitrogens is 1. The quantitative estimate of drug-likeness (QED) is 0.753. The van der Waals surface area contributed by atoms with Crippen molar-refractivity contribution < 1.29 is 4.79 Å². The first-order valence-electron chi connectivity index (χ1n) is 5.14. The van der Waals surface area contributed by atoms with Gasteiger partial charge in [0, 0.05) is 25.0 Å². The lowest BCUT2D eigenvalue weighted by Gasteiger charge is -2.13. The summed E-state index contributed by atoms with van der Waals surface area (Å²) < 4.78 is 0. The lowest BCUT2D eigenvalue weighted by atomic mass is 10.1. The van der Waals surface area contributed by atoms with Crippen molar-refractivity contribution in [2.75, 3.05) is 13.1 Å². The zero-order valence-corrected chi connectivity index (χ0v) is 9.16. The summed E-state index contributed by atoms with van der Waals surface area (Å²) in [5.41, 5.74) is 1.13. The van der Waals surface area contributed by atoms with Gasteiger partial charge in [0.2, 0.25) is 5.91 Å². The van der Waals surface area contributed by atoms with Gasteiger partial charge in [0.1, 0.15) is 0 Å². The molecule has 0 aromatic carbocycles. The third-order valence-electron chi connectivity index (χ3n) is 2.15. The number of hydrogen-bond acceptors (Lipinski definition) is 3. The van der Waals surface area contributed by atoms with Crippen LogP contribution in [0.25, 0.3) is 0 Å². The van der Waals surface area contributed by atoms with Gasteiger partial charge in [-0.1, -0.05) is 0 Å². The first kappa shape index (κ1) is 11.7. The Hall–Kier alpha value is -1.42. The van der Waals surface area contributed by atoms with E-state index < -0.39 is 0 Å². The average Bonchev–Trinajstić information content (AvgIpc) is 2.27. The second kappa shape index (κ2) is 6.14. The van der Waals surface area contributed by atoms with Gasteiger partial charge < -0.3 is 10.6 Å². The normalized spacial score (nSPS) is 12.1. The van der Waals surface area contributed by atoms with E-state index in [9.17, 15) is 4.79 Å². The number of carbonyl (C=O) groups is 1. The lowest BCUT2D eigenvalue weighted by molar-refractivity contribution is -0.120. The van der Waals surface area contributed by atoms with Crippen LogP contribution in [0.4, 0.5) is 0 Å². The van der Waals surface area contributed by atoms with Gasteiger partial charge in [-0.15, -0.1) is 0 Å². The van der Waals surface area contributed by atoms with E-state index in [0.717, 1.165) is 5.56 Å². The van der Waals surface area contributed by atoms with Crippen molar-refractivity contribution in [2.24, 2.45) is 0 Å². The van der Waals surface area contributed by atoms with Crippen LogP contribution in [0.5, 0.6) is 0 Å². The summed E-state index contributed by atoms with van der Waals surface area (Å²) in [7, 11) is 0. The van der Waals surface area contributed by atoms with E-state index in [2.05, 4.69) is 15.6 Å². The highest BCUT2D eigenvalue weighted by atomic mass is 16.1. The topological polar surface area (TPSA) is 54.0 Å². The zero-order valence-electron chi connectivity index (χ0n) is 9.16. The summed E-state index contributed by atoms with van der Waals surface area (Å²) in [6.45, 7) is 4.94. The molecule has 1 atom stereocenters. The highest BCUT2D eigenvalue weighted by Gasteiger charge is 2.05. The highest BCUT2D eigenvalue weighted by Crippen LogP contribution is 2.08. The molecule has 0 bridgehead atoms. The third kappa shape index (κ3) is 4.08. The molecule has 0 spiro atoms. The van der Waals surface area contributed by atoms with Crippen LogP contribution in [0.3, 0.4) is 0 Å². The molecule has 0 unspecified atom stereocenters. The Labute approximate surface area is 90.1 Å². The molecule has 0 saturated carbocycles. The standard InChI is InChI=1S/C11H17N3O/c1-3-13-11(15)8-14-9(2)10-4-6-12-7-5-10/h4-7,9,14H,3,8H2,1-2H3,(H,13,15)/t9-/m1/s1. The predicted molar refractivity (Wildman–Crippen MR) is 59.3 cm³/mol. The van der Waals surface area contributed by atoms with Crippen molar-refractivity contribution in [3.63, 3.8) is 0 Å². The number of carbonyl (C=O) groups excluding carboxylic acids is 1. The highest BCUT2D eigenvalue weighted by molar-refractivity contribution is 5.77. The molecule has 1 heterocycles. The fourth-order valence-corrected chi connectivity index (χ4v) is 1.28. The van der Waals surface area contributed by atoms with E-state index in [4.69, 9.17) is 0 Å².